The van der Waals surface area contributed by atoms with Gasteiger partial charge in [-0.15, -0.1) is 0 Å². The van der Waals surface area contributed by atoms with E-state index in [0.717, 1.165) is 5.69 Å². The second-order valence-electron chi connectivity index (χ2n) is 28.2. The zero-order valence-electron chi connectivity index (χ0n) is 51.5. The topological polar surface area (TPSA) is 6.48 Å². The van der Waals surface area contributed by atoms with Crippen LogP contribution in [0.3, 0.4) is 0 Å². The third kappa shape index (κ3) is 9.17. The quantitative estimate of drug-likeness (QED) is 0.121. The molecule has 0 amide bonds. The predicted octanol–water partition coefficient (Wildman–Crippen LogP) is 21.1. The molecule has 2 aliphatic heterocycles. The molecule has 0 saturated heterocycles. The summed E-state index contributed by atoms with van der Waals surface area (Å²) in [5.41, 5.74) is 25.6. The van der Waals surface area contributed by atoms with Crippen LogP contribution in [0, 0.1) is 0 Å². The van der Waals surface area contributed by atoms with Gasteiger partial charge in [-0.25, -0.2) is 0 Å². The van der Waals surface area contributed by atoms with Crippen LogP contribution in [0.5, 0.6) is 0 Å². The molecule has 0 bridgehead atoms. The molecule has 0 saturated carbocycles. The molecule has 0 atom stereocenters. The number of anilines is 6. The van der Waals surface area contributed by atoms with Crippen LogP contribution in [-0.2, 0) is 21.7 Å². The van der Waals surface area contributed by atoms with Crippen LogP contribution < -0.4 is 26.2 Å². The van der Waals surface area contributed by atoms with E-state index in [1.807, 2.05) is 0 Å². The summed E-state index contributed by atoms with van der Waals surface area (Å²) in [7, 11) is 0. The van der Waals surface area contributed by atoms with E-state index < -0.39 is 0 Å². The van der Waals surface area contributed by atoms with Gasteiger partial charge < -0.3 is 9.80 Å². The second kappa shape index (κ2) is 19.9. The van der Waals surface area contributed by atoms with Crippen molar-refractivity contribution in [2.75, 3.05) is 9.80 Å². The lowest BCUT2D eigenvalue weighted by Gasteiger charge is -2.45. The highest BCUT2D eigenvalue weighted by Crippen LogP contribution is 2.53. The fourth-order valence-corrected chi connectivity index (χ4v) is 13.7. The Kier molecular flexibility index (Phi) is 12.6. The van der Waals surface area contributed by atoms with E-state index in [0.29, 0.717) is 0 Å². The van der Waals surface area contributed by atoms with Crippen LogP contribution in [0.1, 0.15) is 105 Å². The molecule has 85 heavy (non-hydrogen) atoms. The van der Waals surface area contributed by atoms with Crippen molar-refractivity contribution >= 4 is 89.5 Å². The number of rotatable bonds is 6. The Morgan fingerprint density at radius 1 is 0.247 bits per heavy atom. The van der Waals surface area contributed by atoms with Gasteiger partial charge in [-0.3, -0.25) is 0 Å². The van der Waals surface area contributed by atoms with Crippen molar-refractivity contribution in [1.82, 2.24) is 0 Å². The van der Waals surface area contributed by atoms with Crippen molar-refractivity contribution < 1.29 is 0 Å². The fraction of sp³-hybridized carbons (Fsp3) is 0.195. The molecule has 0 fully saturated rings. The van der Waals surface area contributed by atoms with Crippen LogP contribution in [-0.4, -0.2) is 6.71 Å². The largest absolute Gasteiger partial charge is 0.311 e. The summed E-state index contributed by atoms with van der Waals surface area (Å²) in [4.78, 5) is 5.30. The Hall–Kier alpha value is -8.92. The SMILES string of the molecule is CC(C)(C)c1ccc(-c2ccc3c(c2)B2c4cc(C(C)(C)C)ccc4N(c4c(-c5ccccc5)cc(C(C)(C)C)cc4-c4ccccc4)c4cccc(c42)N3c2ccc(C(C)(C)C)cc2-c2ccc3c4ccccc4c4ccccc4c3c2)cc1. The van der Waals surface area contributed by atoms with Crippen molar-refractivity contribution in [3.63, 3.8) is 0 Å². The molecule has 3 heteroatoms. The van der Waals surface area contributed by atoms with Crippen LogP contribution >= 0.6 is 0 Å². The minimum absolute atomic E-state index is 0.0391. The van der Waals surface area contributed by atoms with Gasteiger partial charge in [0.05, 0.1) is 11.4 Å². The first kappa shape index (κ1) is 54.1. The van der Waals surface area contributed by atoms with E-state index in [2.05, 4.69) is 329 Å². The molecule has 0 spiro atoms. The average molecular weight is 1100 g/mol. The number of benzene rings is 12. The van der Waals surface area contributed by atoms with E-state index in [-0.39, 0.29) is 28.4 Å². The van der Waals surface area contributed by atoms with Gasteiger partial charge in [0.1, 0.15) is 0 Å². The lowest BCUT2D eigenvalue weighted by Crippen LogP contribution is -2.61. The molecule has 12 aromatic rings. The molecule has 0 radical (unpaired) electrons. The molecular weight excluding hydrogens is 1020 g/mol. The molecule has 14 rings (SSSR count). The van der Waals surface area contributed by atoms with Gasteiger partial charge in [0.15, 0.2) is 0 Å². The maximum absolute atomic E-state index is 2.66. The first-order chi connectivity index (χ1) is 40.7. The van der Waals surface area contributed by atoms with Crippen molar-refractivity contribution in [2.45, 2.75) is 105 Å². The van der Waals surface area contributed by atoms with Crippen LogP contribution in [0.25, 0.3) is 76.8 Å². The summed E-state index contributed by atoms with van der Waals surface area (Å²) >= 11 is 0. The fourth-order valence-electron chi connectivity index (χ4n) is 13.7. The number of hydrogen-bond donors (Lipinski definition) is 0. The maximum atomic E-state index is 2.66. The Morgan fingerprint density at radius 2 is 0.659 bits per heavy atom. The smallest absolute Gasteiger partial charge is 0.252 e. The van der Waals surface area contributed by atoms with Crippen LogP contribution in [0.15, 0.2) is 237 Å². The van der Waals surface area contributed by atoms with E-state index in [4.69, 9.17) is 0 Å². The average Bonchev–Trinajstić information content (AvgIpc) is 0.827. The Morgan fingerprint density at radius 3 is 1.21 bits per heavy atom. The Bertz CT molecular complexity index is 4520. The molecule has 0 aliphatic carbocycles. The maximum Gasteiger partial charge on any atom is 0.252 e. The van der Waals surface area contributed by atoms with Crippen molar-refractivity contribution in [3.05, 3.63) is 259 Å². The standard InChI is InChI=1S/C82H75BN2/c1-79(2,3)57-38-34-52(35-39-57)55-37-43-73-70(47-55)83-71-51-59(81(7,8)9)41-45-74(71)85(78-67(53-24-15-13-16-25-53)49-60(82(10,11)12)50-68(78)54-26-17-14-18-27-54)76-33-23-32-75(77(76)83)84(73)72-44-40-58(80(4,5)6)48-66(72)56-36-42-65-63-30-20-19-28-61(63)62-29-21-22-31-64(62)69(65)46-56/h13-51H,1-12H3. The first-order valence-electron chi connectivity index (χ1n) is 30.6. The Balaban J connectivity index is 1.10. The van der Waals surface area contributed by atoms with Gasteiger partial charge in [0.25, 0.3) is 6.71 Å². The highest BCUT2D eigenvalue weighted by molar-refractivity contribution is 7.00. The van der Waals surface area contributed by atoms with Crippen molar-refractivity contribution in [1.29, 1.82) is 0 Å². The van der Waals surface area contributed by atoms with E-state index >= 15 is 0 Å². The molecule has 0 N–H and O–H groups in total. The molecule has 2 heterocycles. The van der Waals surface area contributed by atoms with Crippen LogP contribution in [0.2, 0.25) is 0 Å². The second-order valence-corrected chi connectivity index (χ2v) is 28.2. The monoisotopic (exact) mass is 1100 g/mol. The molecule has 0 aromatic heterocycles. The highest BCUT2D eigenvalue weighted by atomic mass is 15.2. The predicted molar refractivity (Wildman–Crippen MR) is 370 cm³/mol. The van der Waals surface area contributed by atoms with E-state index in [1.54, 1.807) is 0 Å². The third-order valence-electron chi connectivity index (χ3n) is 18.5. The van der Waals surface area contributed by atoms with Gasteiger partial charge >= 0.3 is 0 Å². The van der Waals surface area contributed by atoms with Gasteiger partial charge in [0, 0.05) is 39.4 Å². The summed E-state index contributed by atoms with van der Waals surface area (Å²) in [5, 5.41) is 7.65. The summed E-state index contributed by atoms with van der Waals surface area (Å²) < 4.78 is 0. The van der Waals surface area contributed by atoms with Gasteiger partial charge in [0.2, 0.25) is 0 Å². The Labute approximate surface area is 504 Å². The van der Waals surface area contributed by atoms with E-state index in [1.165, 1.54) is 144 Å². The summed E-state index contributed by atoms with van der Waals surface area (Å²) in [6.07, 6.45) is 0. The molecule has 0 unspecified atom stereocenters. The molecule has 2 aliphatic rings. The zero-order chi connectivity index (χ0) is 58.9. The number of fused-ring (bicyclic) bond motifs is 10. The minimum Gasteiger partial charge on any atom is -0.311 e. The van der Waals surface area contributed by atoms with E-state index in [9.17, 15) is 0 Å². The number of nitrogens with zero attached hydrogens (tertiary/aromatic N) is 2. The summed E-state index contributed by atoms with van der Waals surface area (Å²) in [6, 6.07) is 90.9. The lowest BCUT2D eigenvalue weighted by atomic mass is 9.33. The van der Waals surface area contributed by atoms with Crippen LogP contribution in [0.4, 0.5) is 34.1 Å². The molecule has 416 valence electrons. The third-order valence-corrected chi connectivity index (χ3v) is 18.5. The molecule has 2 nitrogen and oxygen atoms in total. The number of hydrogen-bond acceptors (Lipinski definition) is 2. The highest BCUT2D eigenvalue weighted by Gasteiger charge is 2.45. The summed E-state index contributed by atoms with van der Waals surface area (Å²) in [5.74, 6) is 0. The van der Waals surface area contributed by atoms with Crippen molar-refractivity contribution in [3.8, 4) is 44.5 Å². The molecular formula is C82H75BN2. The van der Waals surface area contributed by atoms with Gasteiger partial charge in [-0.2, -0.15) is 0 Å². The molecule has 12 aromatic carbocycles. The van der Waals surface area contributed by atoms with Gasteiger partial charge in [-0.05, 0) is 175 Å². The normalized spacial score (nSPS) is 13.3. The van der Waals surface area contributed by atoms with Crippen molar-refractivity contribution in [2.24, 2.45) is 0 Å². The van der Waals surface area contributed by atoms with Gasteiger partial charge in [-0.1, -0.05) is 265 Å². The summed E-state index contributed by atoms with van der Waals surface area (Å²) in [6.45, 7) is 27.9. The first-order valence-corrected chi connectivity index (χ1v) is 30.6. The minimum atomic E-state index is -0.120. The lowest BCUT2D eigenvalue weighted by molar-refractivity contribution is 0.590. The zero-order valence-corrected chi connectivity index (χ0v) is 51.5.